The molecule has 0 aromatic heterocycles. The minimum atomic E-state index is -1.02. The number of ether oxygens (including phenoxy) is 1. The van der Waals surface area contributed by atoms with E-state index in [1.54, 1.807) is 37.8 Å². The highest BCUT2D eigenvalue weighted by Crippen LogP contribution is 2.25. The van der Waals surface area contributed by atoms with Gasteiger partial charge in [-0.3, -0.25) is 9.59 Å². The predicted octanol–water partition coefficient (Wildman–Crippen LogP) is 6.29. The van der Waals surface area contributed by atoms with Gasteiger partial charge in [0.05, 0.1) is 0 Å². The normalized spacial score (nSPS) is 12.6. The number of carbonyl (C=O) groups excluding carboxylic acids is 3. The Morgan fingerprint density at radius 1 is 0.837 bits per heavy atom. The third-order valence-corrected chi connectivity index (χ3v) is 6.89. The smallest absolute Gasteiger partial charge is 0.408 e. The average molecular weight is 588 g/mol. The molecule has 43 heavy (non-hydrogen) atoms. The summed E-state index contributed by atoms with van der Waals surface area (Å²) in [5.74, 6) is -0.595. The number of phenolic OH excluding ortho intramolecular Hbond substituents is 1. The van der Waals surface area contributed by atoms with E-state index in [-0.39, 0.29) is 24.0 Å². The number of rotatable bonds is 14. The highest BCUT2D eigenvalue weighted by molar-refractivity contribution is 5.92. The third kappa shape index (κ3) is 11.1. The van der Waals surface area contributed by atoms with Crippen LogP contribution in [0.15, 0.2) is 84.9 Å². The van der Waals surface area contributed by atoms with Crippen molar-refractivity contribution in [3.8, 4) is 5.75 Å². The molecule has 0 bridgehead atoms. The minimum absolute atomic E-state index is 0.100. The number of phenols is 1. The molecule has 0 aliphatic heterocycles. The zero-order valence-corrected chi connectivity index (χ0v) is 25.7. The lowest BCUT2D eigenvalue weighted by Crippen LogP contribution is -2.54. The molecule has 0 saturated carbocycles. The number of nitrogens with zero attached hydrogens (tertiary/aromatic N) is 1. The molecule has 0 aliphatic carbocycles. The van der Waals surface area contributed by atoms with Gasteiger partial charge < -0.3 is 25.4 Å². The van der Waals surface area contributed by atoms with Crippen molar-refractivity contribution in [1.82, 2.24) is 15.5 Å². The Bertz CT molecular complexity index is 1290. The van der Waals surface area contributed by atoms with Crippen LogP contribution in [-0.2, 0) is 27.3 Å². The molecule has 8 nitrogen and oxygen atoms in total. The highest BCUT2D eigenvalue weighted by Gasteiger charge is 2.36. The van der Waals surface area contributed by atoms with Gasteiger partial charge in [-0.2, -0.15) is 0 Å². The van der Waals surface area contributed by atoms with Gasteiger partial charge in [-0.15, -0.1) is 0 Å². The van der Waals surface area contributed by atoms with Crippen molar-refractivity contribution in [2.45, 2.75) is 84.0 Å². The lowest BCUT2D eigenvalue weighted by Gasteiger charge is -2.34. The minimum Gasteiger partial charge on any atom is -0.508 e. The number of unbranched alkanes of at least 4 members (excludes halogenated alkanes) is 3. The standard InChI is InChI=1S/C35H45N3O5/c1-5-6-7-14-23-38(31(28-17-12-9-13-18-28)32(40)36-25-27-15-10-8-11-16-27)33(41)30(37-34(42)43-35(2,3)4)24-26-19-21-29(39)22-20-26/h8-13,15-22,30-31,39H,5-7,14,23-25H2,1-4H3,(H,36,40)(H,37,42). The molecule has 2 unspecified atom stereocenters. The topological polar surface area (TPSA) is 108 Å². The summed E-state index contributed by atoms with van der Waals surface area (Å²) in [6, 6.07) is 23.4. The monoisotopic (exact) mass is 587 g/mol. The average Bonchev–Trinajstić information content (AvgIpc) is 2.98. The number of benzene rings is 3. The van der Waals surface area contributed by atoms with Gasteiger partial charge in [-0.25, -0.2) is 4.79 Å². The van der Waals surface area contributed by atoms with Crippen molar-refractivity contribution >= 4 is 17.9 Å². The Labute approximate surface area is 255 Å². The molecular weight excluding hydrogens is 542 g/mol. The van der Waals surface area contributed by atoms with Crippen LogP contribution in [0.3, 0.4) is 0 Å². The van der Waals surface area contributed by atoms with E-state index in [0.717, 1.165) is 30.4 Å². The van der Waals surface area contributed by atoms with Crippen LogP contribution in [0.1, 0.15) is 76.1 Å². The van der Waals surface area contributed by atoms with E-state index < -0.39 is 23.8 Å². The van der Waals surface area contributed by atoms with Gasteiger partial charge in [0, 0.05) is 19.5 Å². The molecule has 8 heteroatoms. The SMILES string of the molecule is CCCCCCN(C(=O)C(Cc1ccc(O)cc1)NC(=O)OC(C)(C)C)C(C(=O)NCc1ccccc1)c1ccccc1. The summed E-state index contributed by atoms with van der Waals surface area (Å²) >= 11 is 0. The Balaban J connectivity index is 1.99. The molecule has 0 spiro atoms. The maximum atomic E-state index is 14.5. The Hall–Kier alpha value is -4.33. The van der Waals surface area contributed by atoms with E-state index >= 15 is 0 Å². The molecule has 230 valence electrons. The lowest BCUT2D eigenvalue weighted by atomic mass is 9.99. The zero-order chi connectivity index (χ0) is 31.2. The van der Waals surface area contributed by atoms with E-state index in [1.165, 1.54) is 12.1 Å². The van der Waals surface area contributed by atoms with Crippen LogP contribution in [0.5, 0.6) is 5.75 Å². The largest absolute Gasteiger partial charge is 0.508 e. The summed E-state index contributed by atoms with van der Waals surface area (Å²) in [5.41, 5.74) is 1.60. The molecule has 0 heterocycles. The molecule has 0 radical (unpaired) electrons. The second kappa shape index (κ2) is 16.3. The zero-order valence-electron chi connectivity index (χ0n) is 25.7. The molecule has 3 aromatic rings. The van der Waals surface area contributed by atoms with Crippen molar-refractivity contribution in [1.29, 1.82) is 0 Å². The summed E-state index contributed by atoms with van der Waals surface area (Å²) in [6.45, 7) is 8.03. The van der Waals surface area contributed by atoms with Crippen LogP contribution in [0.25, 0.3) is 0 Å². The Morgan fingerprint density at radius 3 is 2.07 bits per heavy atom. The van der Waals surface area contributed by atoms with Gasteiger partial charge in [0.1, 0.15) is 23.4 Å². The van der Waals surface area contributed by atoms with Crippen LogP contribution in [0.4, 0.5) is 4.79 Å². The predicted molar refractivity (Wildman–Crippen MR) is 168 cm³/mol. The first-order chi connectivity index (χ1) is 20.6. The Morgan fingerprint density at radius 2 is 1.47 bits per heavy atom. The molecule has 0 aliphatic rings. The maximum absolute atomic E-state index is 14.5. The highest BCUT2D eigenvalue weighted by atomic mass is 16.6. The van der Waals surface area contributed by atoms with Crippen LogP contribution in [-0.4, -0.2) is 46.1 Å². The summed E-state index contributed by atoms with van der Waals surface area (Å²) in [7, 11) is 0. The van der Waals surface area contributed by atoms with Crippen molar-refractivity contribution in [3.05, 3.63) is 102 Å². The molecule has 2 atom stereocenters. The van der Waals surface area contributed by atoms with Gasteiger partial charge in [0.25, 0.3) is 0 Å². The fraction of sp³-hybridized carbons (Fsp3) is 0.400. The number of carbonyl (C=O) groups is 3. The first-order valence-electron chi connectivity index (χ1n) is 15.0. The van der Waals surface area contributed by atoms with Gasteiger partial charge in [-0.1, -0.05) is 99.0 Å². The van der Waals surface area contributed by atoms with Crippen molar-refractivity contribution in [3.63, 3.8) is 0 Å². The molecule has 3 amide bonds. The molecule has 3 rings (SSSR count). The van der Waals surface area contributed by atoms with E-state index in [4.69, 9.17) is 4.74 Å². The van der Waals surface area contributed by atoms with Gasteiger partial charge >= 0.3 is 6.09 Å². The molecule has 0 fully saturated rings. The van der Waals surface area contributed by atoms with Crippen molar-refractivity contribution < 1.29 is 24.2 Å². The summed E-state index contributed by atoms with van der Waals surface area (Å²) in [6.07, 6.45) is 3.06. The van der Waals surface area contributed by atoms with Gasteiger partial charge in [-0.05, 0) is 56.0 Å². The molecule has 3 N–H and O–H groups in total. The summed E-state index contributed by atoms with van der Waals surface area (Å²) < 4.78 is 5.51. The number of alkyl carbamates (subject to hydrolysis) is 1. The number of amides is 3. The number of hydrogen-bond acceptors (Lipinski definition) is 5. The molecular formula is C35H45N3O5. The first kappa shape index (κ1) is 33.2. The quantitative estimate of drug-likeness (QED) is 0.192. The van der Waals surface area contributed by atoms with Crippen molar-refractivity contribution in [2.24, 2.45) is 0 Å². The number of aromatic hydroxyl groups is 1. The molecule has 0 saturated heterocycles. The van der Waals surface area contributed by atoms with E-state index in [0.29, 0.717) is 25.1 Å². The first-order valence-corrected chi connectivity index (χ1v) is 15.0. The van der Waals surface area contributed by atoms with E-state index in [2.05, 4.69) is 17.6 Å². The van der Waals surface area contributed by atoms with Crippen LogP contribution >= 0.6 is 0 Å². The Kier molecular flexibility index (Phi) is 12.6. The van der Waals surface area contributed by atoms with E-state index in [1.807, 2.05) is 60.7 Å². The van der Waals surface area contributed by atoms with Crippen LogP contribution in [0.2, 0.25) is 0 Å². The molecule has 3 aromatic carbocycles. The second-order valence-corrected chi connectivity index (χ2v) is 11.7. The van der Waals surface area contributed by atoms with Crippen LogP contribution < -0.4 is 10.6 Å². The third-order valence-electron chi connectivity index (χ3n) is 6.89. The number of nitrogens with one attached hydrogen (secondary N) is 2. The fourth-order valence-electron chi connectivity index (χ4n) is 4.78. The van der Waals surface area contributed by atoms with Crippen molar-refractivity contribution in [2.75, 3.05) is 6.54 Å². The van der Waals surface area contributed by atoms with Crippen LogP contribution in [0, 0.1) is 0 Å². The van der Waals surface area contributed by atoms with Gasteiger partial charge in [0.2, 0.25) is 11.8 Å². The summed E-state index contributed by atoms with van der Waals surface area (Å²) in [5, 5.41) is 15.6. The number of hydrogen-bond donors (Lipinski definition) is 3. The maximum Gasteiger partial charge on any atom is 0.408 e. The van der Waals surface area contributed by atoms with E-state index in [9.17, 15) is 19.5 Å². The fourth-order valence-corrected chi connectivity index (χ4v) is 4.78. The second-order valence-electron chi connectivity index (χ2n) is 11.7. The van der Waals surface area contributed by atoms with Gasteiger partial charge in [0.15, 0.2) is 0 Å². The summed E-state index contributed by atoms with van der Waals surface area (Å²) in [4.78, 5) is 43.0. The lowest BCUT2D eigenvalue weighted by molar-refractivity contribution is -0.142.